The van der Waals surface area contributed by atoms with E-state index in [2.05, 4.69) is 10.3 Å². The van der Waals surface area contributed by atoms with Crippen LogP contribution in [0.1, 0.15) is 6.92 Å². The van der Waals surface area contributed by atoms with Crippen LogP contribution < -0.4 is 10.5 Å². The highest BCUT2D eigenvalue weighted by Crippen LogP contribution is 2.32. The number of nitrogens with zero attached hydrogens (tertiary/aromatic N) is 3. The van der Waals surface area contributed by atoms with Crippen molar-refractivity contribution in [2.75, 3.05) is 12.3 Å². The summed E-state index contributed by atoms with van der Waals surface area (Å²) in [4.78, 5) is 0.0451. The Morgan fingerprint density at radius 3 is 2.23 bits per heavy atom. The summed E-state index contributed by atoms with van der Waals surface area (Å²) >= 11 is 0. The lowest BCUT2D eigenvalue weighted by molar-refractivity contribution is 0.340. The Labute approximate surface area is 178 Å². The second-order valence-corrected chi connectivity index (χ2v) is 8.53. The van der Waals surface area contributed by atoms with Gasteiger partial charge < -0.3 is 10.5 Å². The lowest BCUT2D eigenvalue weighted by atomic mass is 10.1. The largest absolute Gasteiger partial charge is 0.494 e. The number of sulfone groups is 1. The molecule has 2 N–H and O–H groups in total. The number of nitrogens with two attached hydrogens (primary N) is 1. The molecule has 0 atom stereocenters. The number of rotatable bonds is 6. The summed E-state index contributed by atoms with van der Waals surface area (Å²) in [5.41, 5.74) is 7.55. The van der Waals surface area contributed by atoms with Crippen LogP contribution in [0.5, 0.6) is 5.75 Å². The van der Waals surface area contributed by atoms with Gasteiger partial charge in [0.25, 0.3) is 0 Å². The van der Waals surface area contributed by atoms with E-state index < -0.39 is 15.7 Å². The molecule has 0 saturated carbocycles. The minimum absolute atomic E-state index is 0.0451. The van der Waals surface area contributed by atoms with E-state index in [0.717, 1.165) is 0 Å². The molecule has 0 spiro atoms. The summed E-state index contributed by atoms with van der Waals surface area (Å²) in [6.45, 7) is 2.31. The van der Waals surface area contributed by atoms with E-state index in [1.807, 2.05) is 6.92 Å². The minimum Gasteiger partial charge on any atom is -0.494 e. The zero-order chi connectivity index (χ0) is 22.0. The lowest BCUT2D eigenvalue weighted by Crippen LogP contribution is -2.06. The maximum absolute atomic E-state index is 13.5. The Bertz CT molecular complexity index is 1300. The van der Waals surface area contributed by atoms with Gasteiger partial charge in [-0.3, -0.25) is 0 Å². The van der Waals surface area contributed by atoms with E-state index in [0.29, 0.717) is 29.3 Å². The molecule has 4 aromatic rings. The molecule has 0 bridgehead atoms. The second kappa shape index (κ2) is 8.19. The highest BCUT2D eigenvalue weighted by Gasteiger charge is 2.29. The number of anilines is 1. The van der Waals surface area contributed by atoms with Crippen molar-refractivity contribution in [1.82, 2.24) is 15.0 Å². The zero-order valence-electron chi connectivity index (χ0n) is 16.6. The van der Waals surface area contributed by atoms with Crippen molar-refractivity contribution < 1.29 is 17.5 Å². The topological polar surface area (TPSA) is 100 Å². The third-order valence-corrected chi connectivity index (χ3v) is 6.27. The van der Waals surface area contributed by atoms with Crippen LogP contribution in [0.3, 0.4) is 0 Å². The van der Waals surface area contributed by atoms with Gasteiger partial charge in [-0.25, -0.2) is 17.5 Å². The fourth-order valence-electron chi connectivity index (χ4n) is 3.09. The number of ether oxygens (including phenoxy) is 1. The third kappa shape index (κ3) is 3.99. The summed E-state index contributed by atoms with van der Waals surface area (Å²) < 4.78 is 47.1. The SMILES string of the molecule is CCOc1ccc(S(=O)(=O)c2nnn(-c3ccc(N)cc3)c2-c2ccc(F)cc2)cc1. The van der Waals surface area contributed by atoms with E-state index in [9.17, 15) is 12.8 Å². The molecule has 31 heavy (non-hydrogen) atoms. The standard InChI is InChI=1S/C22H19FN4O3S/c1-2-30-19-11-13-20(14-12-19)31(28,29)22-21(15-3-5-16(23)6-4-15)27(26-25-22)18-9-7-17(24)8-10-18/h3-14H,2,24H2,1H3. The summed E-state index contributed by atoms with van der Waals surface area (Å²) in [6.07, 6.45) is 0. The number of halogens is 1. The first kappa shape index (κ1) is 20.5. The molecule has 9 heteroatoms. The van der Waals surface area contributed by atoms with Gasteiger partial charge in [0, 0.05) is 11.3 Å². The predicted octanol–water partition coefficient (Wildman–Crippen LogP) is 3.89. The number of hydrogen-bond acceptors (Lipinski definition) is 6. The minimum atomic E-state index is -4.02. The van der Waals surface area contributed by atoms with Gasteiger partial charge in [-0.1, -0.05) is 5.21 Å². The molecule has 0 aliphatic carbocycles. The molecule has 0 aliphatic rings. The van der Waals surface area contributed by atoms with Crippen molar-refractivity contribution in [3.8, 4) is 22.7 Å². The summed E-state index contributed by atoms with van der Waals surface area (Å²) in [5, 5.41) is 7.84. The van der Waals surface area contributed by atoms with Crippen molar-refractivity contribution >= 4 is 15.5 Å². The third-order valence-electron chi connectivity index (χ3n) is 4.59. The van der Waals surface area contributed by atoms with E-state index in [-0.39, 0.29) is 15.6 Å². The Morgan fingerprint density at radius 1 is 0.968 bits per heavy atom. The normalized spacial score (nSPS) is 11.4. The molecule has 4 rings (SSSR count). The molecule has 1 aromatic heterocycles. The van der Waals surface area contributed by atoms with E-state index in [1.165, 1.54) is 41.1 Å². The van der Waals surface area contributed by atoms with Crippen LogP contribution in [0.2, 0.25) is 0 Å². The van der Waals surface area contributed by atoms with Gasteiger partial charge in [-0.15, -0.1) is 5.10 Å². The van der Waals surface area contributed by atoms with Gasteiger partial charge in [0.2, 0.25) is 14.9 Å². The molecule has 3 aromatic carbocycles. The molecule has 0 radical (unpaired) electrons. The van der Waals surface area contributed by atoms with E-state index >= 15 is 0 Å². The van der Waals surface area contributed by atoms with Crippen LogP contribution in [0.25, 0.3) is 16.9 Å². The first-order valence-electron chi connectivity index (χ1n) is 9.45. The fourth-order valence-corrected chi connectivity index (χ4v) is 4.41. The van der Waals surface area contributed by atoms with Gasteiger partial charge in [-0.2, -0.15) is 0 Å². The van der Waals surface area contributed by atoms with E-state index in [4.69, 9.17) is 10.5 Å². The van der Waals surface area contributed by atoms with Crippen molar-refractivity contribution in [1.29, 1.82) is 0 Å². The van der Waals surface area contributed by atoms with Crippen LogP contribution in [0.15, 0.2) is 82.7 Å². The quantitative estimate of drug-likeness (QED) is 0.459. The van der Waals surface area contributed by atoms with Gasteiger partial charge in [-0.05, 0) is 79.7 Å². The molecule has 0 amide bonds. The Morgan fingerprint density at radius 2 is 1.61 bits per heavy atom. The van der Waals surface area contributed by atoms with Crippen LogP contribution in [-0.4, -0.2) is 30.0 Å². The summed E-state index contributed by atoms with van der Waals surface area (Å²) in [5.74, 6) is 0.122. The molecule has 0 saturated heterocycles. The van der Waals surface area contributed by atoms with Crippen molar-refractivity contribution in [3.05, 3.63) is 78.6 Å². The van der Waals surface area contributed by atoms with E-state index in [1.54, 1.807) is 36.4 Å². The van der Waals surface area contributed by atoms with Crippen LogP contribution >= 0.6 is 0 Å². The van der Waals surface area contributed by atoms with Gasteiger partial charge in [0.1, 0.15) is 17.3 Å². The average Bonchev–Trinajstić information content (AvgIpc) is 3.21. The molecule has 0 fully saturated rings. The molecule has 158 valence electrons. The average molecular weight is 438 g/mol. The maximum Gasteiger partial charge on any atom is 0.227 e. The van der Waals surface area contributed by atoms with Crippen LogP contribution in [0, 0.1) is 5.82 Å². The number of nitrogen functional groups attached to an aromatic ring is 1. The Hall–Kier alpha value is -3.72. The lowest BCUT2D eigenvalue weighted by Gasteiger charge is -2.10. The van der Waals surface area contributed by atoms with Crippen LogP contribution in [0.4, 0.5) is 10.1 Å². The van der Waals surface area contributed by atoms with Gasteiger partial charge in [0.05, 0.1) is 17.2 Å². The first-order chi connectivity index (χ1) is 14.9. The first-order valence-corrected chi connectivity index (χ1v) is 10.9. The number of hydrogen-bond donors (Lipinski definition) is 1. The van der Waals surface area contributed by atoms with Crippen molar-refractivity contribution in [2.24, 2.45) is 0 Å². The van der Waals surface area contributed by atoms with Crippen molar-refractivity contribution in [3.63, 3.8) is 0 Å². The zero-order valence-corrected chi connectivity index (χ0v) is 17.4. The monoisotopic (exact) mass is 438 g/mol. The number of aromatic nitrogens is 3. The van der Waals surface area contributed by atoms with Crippen molar-refractivity contribution in [2.45, 2.75) is 16.8 Å². The second-order valence-electron chi connectivity index (χ2n) is 6.66. The highest BCUT2D eigenvalue weighted by atomic mass is 32.2. The smallest absolute Gasteiger partial charge is 0.227 e. The fraction of sp³-hybridized carbons (Fsp3) is 0.0909. The molecule has 0 unspecified atom stereocenters. The van der Waals surface area contributed by atoms with Crippen LogP contribution in [-0.2, 0) is 9.84 Å². The van der Waals surface area contributed by atoms with Gasteiger partial charge in [0.15, 0.2) is 0 Å². The highest BCUT2D eigenvalue weighted by molar-refractivity contribution is 7.91. The molecule has 1 heterocycles. The molecular formula is C22H19FN4O3S. The summed E-state index contributed by atoms with van der Waals surface area (Å²) in [7, 11) is -4.02. The summed E-state index contributed by atoms with van der Waals surface area (Å²) in [6, 6.07) is 18.3. The Balaban J connectivity index is 1.89. The van der Waals surface area contributed by atoms with Gasteiger partial charge >= 0.3 is 0 Å². The number of benzene rings is 3. The Kier molecular flexibility index (Phi) is 5.43. The molecular weight excluding hydrogens is 419 g/mol. The molecule has 0 aliphatic heterocycles. The predicted molar refractivity (Wildman–Crippen MR) is 114 cm³/mol. The maximum atomic E-state index is 13.5. The molecule has 7 nitrogen and oxygen atoms in total.